The van der Waals surface area contributed by atoms with E-state index in [4.69, 9.17) is 15.2 Å². The highest BCUT2D eigenvalue weighted by molar-refractivity contribution is 5.98. The topological polar surface area (TPSA) is 80.9 Å². The van der Waals surface area contributed by atoms with E-state index in [9.17, 15) is 4.79 Å². The summed E-state index contributed by atoms with van der Waals surface area (Å²) >= 11 is 0. The van der Waals surface area contributed by atoms with Crippen LogP contribution in [0.5, 0.6) is 11.5 Å². The Balaban J connectivity index is 1.35. The van der Waals surface area contributed by atoms with E-state index in [2.05, 4.69) is 16.0 Å². The van der Waals surface area contributed by atoms with Crippen LogP contribution in [-0.4, -0.2) is 53.7 Å². The fourth-order valence-electron chi connectivity index (χ4n) is 3.18. The zero-order valence-corrected chi connectivity index (χ0v) is 13.9. The first-order valence-electron chi connectivity index (χ1n) is 8.30. The molecule has 1 fully saturated rings. The Labute approximate surface area is 145 Å². The average Bonchev–Trinajstić information content (AvgIpc) is 3.10. The van der Waals surface area contributed by atoms with E-state index >= 15 is 0 Å². The summed E-state index contributed by atoms with van der Waals surface area (Å²) in [7, 11) is 0. The van der Waals surface area contributed by atoms with Crippen LogP contribution in [0.3, 0.4) is 0 Å². The highest BCUT2D eigenvalue weighted by Gasteiger charge is 2.24. The van der Waals surface area contributed by atoms with Gasteiger partial charge in [0.1, 0.15) is 0 Å². The minimum absolute atomic E-state index is 0.0253. The van der Waals surface area contributed by atoms with Gasteiger partial charge in [0.2, 0.25) is 6.79 Å². The normalized spacial score (nSPS) is 16.9. The summed E-state index contributed by atoms with van der Waals surface area (Å²) in [6.07, 6.45) is 3.11. The van der Waals surface area contributed by atoms with Crippen LogP contribution in [0.15, 0.2) is 36.7 Å². The number of rotatable bonds is 3. The quantitative estimate of drug-likeness (QED) is 0.908. The molecule has 0 spiro atoms. The number of aromatic nitrogens is 1. The molecule has 1 amide bonds. The predicted molar refractivity (Wildman–Crippen MR) is 92.4 cm³/mol. The third-order valence-electron chi connectivity index (χ3n) is 4.58. The number of piperazine rings is 1. The number of carbonyl (C=O) groups excluding carboxylic acids is 1. The van der Waals surface area contributed by atoms with Crippen molar-refractivity contribution in [3.63, 3.8) is 0 Å². The number of hydrogen-bond donors (Lipinski definition) is 1. The first-order valence-corrected chi connectivity index (χ1v) is 8.30. The molecular formula is C18H20N4O3. The van der Waals surface area contributed by atoms with Crippen molar-refractivity contribution in [2.45, 2.75) is 6.54 Å². The summed E-state index contributed by atoms with van der Waals surface area (Å²) in [6, 6.07) is 7.71. The Morgan fingerprint density at radius 1 is 1.12 bits per heavy atom. The van der Waals surface area contributed by atoms with Gasteiger partial charge in [-0.2, -0.15) is 0 Å². The van der Waals surface area contributed by atoms with Gasteiger partial charge >= 0.3 is 0 Å². The number of nitrogens with zero attached hydrogens (tertiary/aromatic N) is 3. The summed E-state index contributed by atoms with van der Waals surface area (Å²) in [5, 5.41) is 0. The van der Waals surface area contributed by atoms with Gasteiger partial charge < -0.3 is 20.1 Å². The first kappa shape index (κ1) is 15.7. The van der Waals surface area contributed by atoms with Crippen molar-refractivity contribution < 1.29 is 14.3 Å². The smallest absolute Gasteiger partial charge is 0.256 e. The lowest BCUT2D eigenvalue weighted by molar-refractivity contribution is 0.0629. The lowest BCUT2D eigenvalue weighted by Gasteiger charge is -2.35. The third-order valence-corrected chi connectivity index (χ3v) is 4.58. The van der Waals surface area contributed by atoms with Gasteiger partial charge in [-0.3, -0.25) is 14.7 Å². The third kappa shape index (κ3) is 3.23. The van der Waals surface area contributed by atoms with E-state index in [0.29, 0.717) is 24.3 Å². The molecule has 0 unspecified atom stereocenters. The van der Waals surface area contributed by atoms with Gasteiger partial charge in [0.05, 0.1) is 17.4 Å². The van der Waals surface area contributed by atoms with E-state index < -0.39 is 0 Å². The highest BCUT2D eigenvalue weighted by atomic mass is 16.7. The molecule has 0 aliphatic carbocycles. The van der Waals surface area contributed by atoms with Gasteiger partial charge in [-0.15, -0.1) is 0 Å². The van der Waals surface area contributed by atoms with Crippen molar-refractivity contribution in [1.29, 1.82) is 0 Å². The summed E-state index contributed by atoms with van der Waals surface area (Å²) in [5.41, 5.74) is 8.00. The molecule has 3 heterocycles. The second kappa shape index (κ2) is 6.60. The molecule has 0 radical (unpaired) electrons. The molecule has 2 aliphatic heterocycles. The number of fused-ring (bicyclic) bond motifs is 1. The first-order chi connectivity index (χ1) is 12.2. The molecule has 2 N–H and O–H groups in total. The van der Waals surface area contributed by atoms with Gasteiger partial charge in [0.15, 0.2) is 11.5 Å². The van der Waals surface area contributed by atoms with E-state index in [1.165, 1.54) is 11.8 Å². The van der Waals surface area contributed by atoms with Crippen LogP contribution in [0.4, 0.5) is 5.69 Å². The van der Waals surface area contributed by atoms with Gasteiger partial charge in [0.25, 0.3) is 5.91 Å². The highest BCUT2D eigenvalue weighted by Crippen LogP contribution is 2.32. The molecule has 7 heteroatoms. The lowest BCUT2D eigenvalue weighted by Crippen LogP contribution is -2.48. The monoisotopic (exact) mass is 340 g/mol. The summed E-state index contributed by atoms with van der Waals surface area (Å²) in [5.74, 6) is 1.58. The second-order valence-electron chi connectivity index (χ2n) is 6.22. The lowest BCUT2D eigenvalue weighted by atomic mass is 10.1. The fourth-order valence-corrected chi connectivity index (χ4v) is 3.18. The molecule has 7 nitrogen and oxygen atoms in total. The molecule has 1 aromatic heterocycles. The van der Waals surface area contributed by atoms with Crippen LogP contribution in [-0.2, 0) is 6.54 Å². The van der Waals surface area contributed by atoms with Gasteiger partial charge in [-0.05, 0) is 23.8 Å². The van der Waals surface area contributed by atoms with Crippen molar-refractivity contribution in [3.8, 4) is 11.5 Å². The van der Waals surface area contributed by atoms with E-state index in [0.717, 1.165) is 31.1 Å². The van der Waals surface area contributed by atoms with Crippen LogP contribution in [0.25, 0.3) is 0 Å². The van der Waals surface area contributed by atoms with Crippen molar-refractivity contribution in [1.82, 2.24) is 14.8 Å². The summed E-state index contributed by atoms with van der Waals surface area (Å²) < 4.78 is 10.8. The molecule has 2 aliphatic rings. The number of nitrogens with two attached hydrogens (primary N) is 1. The van der Waals surface area contributed by atoms with Crippen LogP contribution < -0.4 is 15.2 Å². The zero-order valence-electron chi connectivity index (χ0n) is 13.9. The average molecular weight is 340 g/mol. The fraction of sp³-hybridized carbons (Fsp3) is 0.333. The predicted octanol–water partition coefficient (Wildman–Crippen LogP) is 1.35. The molecule has 1 aromatic carbocycles. The van der Waals surface area contributed by atoms with Crippen LogP contribution in [0, 0.1) is 0 Å². The molecule has 2 aromatic rings. The maximum absolute atomic E-state index is 12.6. The van der Waals surface area contributed by atoms with Crippen LogP contribution in [0.2, 0.25) is 0 Å². The number of carbonyl (C=O) groups is 1. The minimum Gasteiger partial charge on any atom is -0.454 e. The Bertz CT molecular complexity index is 788. The molecule has 130 valence electrons. The molecule has 25 heavy (non-hydrogen) atoms. The number of nitrogen functional groups attached to an aromatic ring is 1. The molecule has 0 saturated carbocycles. The Hall–Kier alpha value is -2.80. The van der Waals surface area contributed by atoms with Gasteiger partial charge in [-0.1, -0.05) is 6.07 Å². The van der Waals surface area contributed by atoms with Crippen molar-refractivity contribution in [3.05, 3.63) is 47.8 Å². The van der Waals surface area contributed by atoms with Crippen molar-refractivity contribution in [2.75, 3.05) is 38.7 Å². The zero-order chi connectivity index (χ0) is 17.2. The number of ether oxygens (including phenoxy) is 2. The minimum atomic E-state index is -0.0253. The van der Waals surface area contributed by atoms with E-state index in [-0.39, 0.29) is 12.7 Å². The number of benzene rings is 1. The Morgan fingerprint density at radius 2 is 1.92 bits per heavy atom. The summed E-state index contributed by atoms with van der Waals surface area (Å²) in [6.45, 7) is 4.14. The standard InChI is InChI=1S/C18H20N4O3/c19-15-10-20-4-3-14(15)18(23)22-7-5-21(6-8-22)11-13-1-2-16-17(9-13)25-12-24-16/h1-4,9-10H,5-8,11-12,19H2. The largest absolute Gasteiger partial charge is 0.454 e. The van der Waals surface area contributed by atoms with E-state index in [1.807, 2.05) is 17.0 Å². The molecule has 4 rings (SSSR count). The molecule has 0 atom stereocenters. The van der Waals surface area contributed by atoms with Crippen LogP contribution in [0.1, 0.15) is 15.9 Å². The molecular weight excluding hydrogens is 320 g/mol. The Morgan fingerprint density at radius 3 is 2.72 bits per heavy atom. The van der Waals surface area contributed by atoms with Crippen molar-refractivity contribution in [2.24, 2.45) is 0 Å². The molecule has 1 saturated heterocycles. The number of anilines is 1. The molecule has 0 bridgehead atoms. The number of amides is 1. The van der Waals surface area contributed by atoms with Gasteiger partial charge in [-0.25, -0.2) is 0 Å². The number of pyridine rings is 1. The maximum Gasteiger partial charge on any atom is 0.256 e. The van der Waals surface area contributed by atoms with Crippen LogP contribution >= 0.6 is 0 Å². The summed E-state index contributed by atoms with van der Waals surface area (Å²) in [4.78, 5) is 20.7. The second-order valence-corrected chi connectivity index (χ2v) is 6.22. The van der Waals surface area contributed by atoms with E-state index in [1.54, 1.807) is 12.3 Å². The van der Waals surface area contributed by atoms with Crippen molar-refractivity contribution >= 4 is 11.6 Å². The Kier molecular flexibility index (Phi) is 4.15. The number of hydrogen-bond acceptors (Lipinski definition) is 6. The maximum atomic E-state index is 12.6. The SMILES string of the molecule is Nc1cnccc1C(=O)N1CCN(Cc2ccc3c(c2)OCO3)CC1. The van der Waals surface area contributed by atoms with Gasteiger partial charge in [0, 0.05) is 38.9 Å².